The highest BCUT2D eigenvalue weighted by Crippen LogP contribution is 2.33. The van der Waals surface area contributed by atoms with Crippen molar-refractivity contribution >= 4 is 23.9 Å². The highest BCUT2D eigenvalue weighted by atomic mass is 16.2. The molecule has 0 radical (unpaired) electrons. The molecular weight excluding hydrogens is 240 g/mol. The highest BCUT2D eigenvalue weighted by molar-refractivity contribution is 6.05. The van der Waals surface area contributed by atoms with Gasteiger partial charge in [0.25, 0.3) is 0 Å². The summed E-state index contributed by atoms with van der Waals surface area (Å²) in [6.45, 7) is 2.46. The topological polar surface area (TPSA) is 81.2 Å². The first-order valence-electron chi connectivity index (χ1n) is 5.42. The zero-order valence-corrected chi connectivity index (χ0v) is 10.6. The minimum absolute atomic E-state index is 0.338. The quantitative estimate of drug-likeness (QED) is 0.581. The molecule has 18 heavy (non-hydrogen) atoms. The lowest BCUT2D eigenvalue weighted by molar-refractivity contribution is -0.129. The summed E-state index contributed by atoms with van der Waals surface area (Å²) in [6, 6.07) is -1.02. The maximum Gasteiger partial charge on any atom is 0.337 e. The molecule has 0 spiro atoms. The maximum absolute atomic E-state index is 12.0. The number of carbonyl (C=O) groups excluding carboxylic acids is 4. The molecule has 2 heterocycles. The average Bonchev–Trinajstić information content (AvgIpc) is 2.68. The van der Waals surface area contributed by atoms with E-state index in [1.165, 1.54) is 37.7 Å². The van der Waals surface area contributed by atoms with Gasteiger partial charge in [-0.05, 0) is 0 Å². The van der Waals surface area contributed by atoms with Crippen LogP contribution >= 0.6 is 0 Å². The third kappa shape index (κ3) is 1.31. The van der Waals surface area contributed by atoms with Gasteiger partial charge in [0.05, 0.1) is 0 Å². The SMILES string of the molecule is CC(=O)N1C(=O)N(C(C)=O)[C@@H]2[C@@H]1N(C)C(=O)N2C. The van der Waals surface area contributed by atoms with E-state index in [0.717, 1.165) is 9.80 Å². The molecule has 0 aromatic rings. The third-order valence-electron chi connectivity index (χ3n) is 3.28. The second-order valence-electron chi connectivity index (χ2n) is 4.39. The lowest BCUT2D eigenvalue weighted by atomic mass is 10.3. The van der Waals surface area contributed by atoms with Crippen molar-refractivity contribution in [2.45, 2.75) is 26.2 Å². The summed E-state index contributed by atoms with van der Waals surface area (Å²) in [5.41, 5.74) is 0. The second-order valence-corrected chi connectivity index (χ2v) is 4.39. The van der Waals surface area contributed by atoms with E-state index in [9.17, 15) is 19.2 Å². The number of hydrogen-bond acceptors (Lipinski definition) is 4. The van der Waals surface area contributed by atoms with Gasteiger partial charge in [-0.2, -0.15) is 0 Å². The minimum Gasteiger partial charge on any atom is -0.303 e. The largest absolute Gasteiger partial charge is 0.337 e. The van der Waals surface area contributed by atoms with E-state index in [2.05, 4.69) is 0 Å². The van der Waals surface area contributed by atoms with Gasteiger partial charge in [-0.15, -0.1) is 0 Å². The molecule has 2 saturated heterocycles. The normalized spacial score (nSPS) is 27.1. The Labute approximate surface area is 104 Å². The molecule has 0 aliphatic carbocycles. The predicted molar refractivity (Wildman–Crippen MR) is 58.9 cm³/mol. The van der Waals surface area contributed by atoms with E-state index in [1.54, 1.807) is 0 Å². The van der Waals surface area contributed by atoms with E-state index in [0.29, 0.717) is 0 Å². The van der Waals surface area contributed by atoms with E-state index in [-0.39, 0.29) is 6.03 Å². The Bertz CT molecular complexity index is 425. The van der Waals surface area contributed by atoms with Gasteiger partial charge in [0, 0.05) is 27.9 Å². The van der Waals surface area contributed by atoms with Crippen molar-refractivity contribution in [2.75, 3.05) is 14.1 Å². The van der Waals surface area contributed by atoms with Crippen LogP contribution < -0.4 is 0 Å². The standard InChI is InChI=1S/C10H14N4O4/c1-5(15)13-7-8(12(4)9(17)11(7)3)14(6(2)16)10(13)18/h7-8H,1-4H3/t7-,8-/m1/s1. The molecule has 98 valence electrons. The third-order valence-corrected chi connectivity index (χ3v) is 3.28. The fourth-order valence-corrected chi connectivity index (χ4v) is 2.47. The number of carbonyl (C=O) groups is 4. The summed E-state index contributed by atoms with van der Waals surface area (Å²) in [5.74, 6) is -0.984. The molecule has 2 fully saturated rings. The molecule has 2 rings (SSSR count). The van der Waals surface area contributed by atoms with Crippen LogP contribution in [0.5, 0.6) is 0 Å². The molecule has 0 N–H and O–H groups in total. The van der Waals surface area contributed by atoms with Crippen LogP contribution in [0.1, 0.15) is 13.8 Å². The van der Waals surface area contributed by atoms with Crippen molar-refractivity contribution in [3.8, 4) is 0 Å². The van der Waals surface area contributed by atoms with Gasteiger partial charge in [-0.3, -0.25) is 9.59 Å². The lowest BCUT2D eigenvalue weighted by Crippen LogP contribution is -2.47. The Kier molecular flexibility index (Phi) is 2.53. The highest BCUT2D eigenvalue weighted by Gasteiger charge is 2.59. The first-order valence-corrected chi connectivity index (χ1v) is 5.42. The van der Waals surface area contributed by atoms with Gasteiger partial charge >= 0.3 is 12.1 Å². The van der Waals surface area contributed by atoms with E-state index < -0.39 is 30.2 Å². The fraction of sp³-hybridized carbons (Fsp3) is 0.600. The Morgan fingerprint density at radius 1 is 0.833 bits per heavy atom. The van der Waals surface area contributed by atoms with Crippen molar-refractivity contribution in [3.63, 3.8) is 0 Å². The molecule has 8 nitrogen and oxygen atoms in total. The van der Waals surface area contributed by atoms with Gasteiger partial charge in [-0.1, -0.05) is 0 Å². The molecule has 8 heteroatoms. The summed E-state index contributed by atoms with van der Waals surface area (Å²) in [7, 11) is 2.99. The van der Waals surface area contributed by atoms with Crippen molar-refractivity contribution in [3.05, 3.63) is 0 Å². The molecule has 0 saturated carbocycles. The van der Waals surface area contributed by atoms with Crippen LogP contribution in [0.4, 0.5) is 9.59 Å². The van der Waals surface area contributed by atoms with E-state index in [1.807, 2.05) is 0 Å². The van der Waals surface area contributed by atoms with Gasteiger partial charge in [-0.25, -0.2) is 19.4 Å². The molecule has 2 aliphatic rings. The Morgan fingerprint density at radius 2 is 1.17 bits per heavy atom. The van der Waals surface area contributed by atoms with Crippen LogP contribution in [-0.2, 0) is 9.59 Å². The minimum atomic E-state index is -0.753. The Balaban J connectivity index is 2.51. The van der Waals surface area contributed by atoms with Gasteiger partial charge < -0.3 is 9.80 Å². The summed E-state index contributed by atoms with van der Waals surface area (Å²) in [6.07, 6.45) is -1.51. The predicted octanol–water partition coefficient (Wildman–Crippen LogP) is -0.534. The maximum atomic E-state index is 12.0. The van der Waals surface area contributed by atoms with Crippen LogP contribution in [0, 0.1) is 0 Å². The van der Waals surface area contributed by atoms with Crippen molar-refractivity contribution in [1.29, 1.82) is 0 Å². The van der Waals surface area contributed by atoms with E-state index >= 15 is 0 Å². The molecular formula is C10H14N4O4. The zero-order chi connectivity index (χ0) is 13.8. The van der Waals surface area contributed by atoms with Gasteiger partial charge in [0.2, 0.25) is 11.8 Å². The van der Waals surface area contributed by atoms with Crippen molar-refractivity contribution < 1.29 is 19.2 Å². The number of hydrogen-bond donors (Lipinski definition) is 0. The number of likely N-dealkylation sites (N-methyl/N-ethyl adjacent to an activating group) is 2. The molecule has 0 unspecified atom stereocenters. The smallest absolute Gasteiger partial charge is 0.303 e. The number of urea groups is 2. The lowest BCUT2D eigenvalue weighted by Gasteiger charge is -2.23. The summed E-state index contributed by atoms with van der Waals surface area (Å²) in [4.78, 5) is 51.4. The summed E-state index contributed by atoms with van der Waals surface area (Å²) in [5, 5.41) is 0. The number of fused-ring (bicyclic) bond motifs is 1. The summed E-state index contributed by atoms with van der Waals surface area (Å²) < 4.78 is 0. The molecule has 0 bridgehead atoms. The zero-order valence-electron chi connectivity index (χ0n) is 10.6. The van der Waals surface area contributed by atoms with E-state index in [4.69, 9.17) is 0 Å². The molecule has 0 aromatic carbocycles. The Hall–Kier alpha value is -2.12. The van der Waals surface area contributed by atoms with Crippen LogP contribution in [-0.4, -0.2) is 69.9 Å². The van der Waals surface area contributed by atoms with Crippen LogP contribution in [0.25, 0.3) is 0 Å². The Morgan fingerprint density at radius 3 is 1.44 bits per heavy atom. The number of rotatable bonds is 0. The first kappa shape index (κ1) is 12.3. The van der Waals surface area contributed by atoms with Crippen molar-refractivity contribution in [1.82, 2.24) is 19.6 Å². The van der Waals surface area contributed by atoms with Gasteiger partial charge in [0.1, 0.15) is 0 Å². The summed E-state index contributed by atoms with van der Waals surface area (Å²) >= 11 is 0. The first-order chi connectivity index (χ1) is 8.29. The fourth-order valence-electron chi connectivity index (χ4n) is 2.47. The number of amides is 6. The molecule has 0 aromatic heterocycles. The monoisotopic (exact) mass is 254 g/mol. The van der Waals surface area contributed by atoms with Crippen LogP contribution in [0.3, 0.4) is 0 Å². The number of nitrogens with zero attached hydrogens (tertiary/aromatic N) is 4. The van der Waals surface area contributed by atoms with Crippen LogP contribution in [0.2, 0.25) is 0 Å². The molecule has 2 atom stereocenters. The van der Waals surface area contributed by atoms with Crippen LogP contribution in [0.15, 0.2) is 0 Å². The molecule has 2 aliphatic heterocycles. The molecule has 6 amide bonds. The number of imide groups is 2. The van der Waals surface area contributed by atoms with Crippen molar-refractivity contribution in [2.24, 2.45) is 0 Å². The van der Waals surface area contributed by atoms with Gasteiger partial charge in [0.15, 0.2) is 12.3 Å². The second kappa shape index (κ2) is 3.69. The average molecular weight is 254 g/mol.